The molecule has 19 heavy (non-hydrogen) atoms. The Labute approximate surface area is 115 Å². The van der Waals surface area contributed by atoms with Crippen LogP contribution in [0.25, 0.3) is 5.57 Å². The fraction of sp³-hybridized carbons (Fsp3) is 0.385. The molecule has 0 saturated heterocycles. The smallest absolute Gasteiger partial charge is 0.296 e. The predicted molar refractivity (Wildman–Crippen MR) is 71.7 cm³/mol. The Morgan fingerprint density at radius 2 is 2.11 bits per heavy atom. The topological polar surface area (TPSA) is 66.8 Å². The van der Waals surface area contributed by atoms with E-state index in [4.69, 9.17) is 4.74 Å². The third-order valence-corrected chi connectivity index (χ3v) is 3.56. The number of amides is 2. The normalized spacial score (nSPS) is 16.1. The number of carbonyl (C=O) groups excluding carboxylic acids is 2. The fourth-order valence-electron chi connectivity index (χ4n) is 1.79. The molecule has 5 nitrogen and oxygen atoms in total. The molecule has 0 aliphatic carbocycles. The standard InChI is InChI=1S/C13H15NO4S/c1-8(2)18-6-5-14-12(16)10(11(15)13(14)17)9-4-3-7-19-9/h3-4,7-8,15H,5-6H2,1-2H3. The Kier molecular flexibility index (Phi) is 4.01. The minimum atomic E-state index is -0.652. The molecule has 0 unspecified atom stereocenters. The van der Waals surface area contributed by atoms with E-state index < -0.39 is 17.6 Å². The van der Waals surface area contributed by atoms with Crippen LogP contribution in [0, 0.1) is 0 Å². The van der Waals surface area contributed by atoms with E-state index in [1.165, 1.54) is 11.3 Å². The van der Waals surface area contributed by atoms with Crippen molar-refractivity contribution in [2.45, 2.75) is 20.0 Å². The SMILES string of the molecule is CC(C)OCCN1C(=O)C(O)=C(c2cccs2)C1=O. The number of nitrogens with zero attached hydrogens (tertiary/aromatic N) is 1. The van der Waals surface area contributed by atoms with Gasteiger partial charge in [-0.2, -0.15) is 0 Å². The van der Waals surface area contributed by atoms with E-state index in [0.29, 0.717) is 4.88 Å². The van der Waals surface area contributed by atoms with Crippen LogP contribution in [-0.2, 0) is 14.3 Å². The molecule has 102 valence electrons. The van der Waals surface area contributed by atoms with Crippen molar-refractivity contribution in [3.63, 3.8) is 0 Å². The van der Waals surface area contributed by atoms with Gasteiger partial charge >= 0.3 is 0 Å². The van der Waals surface area contributed by atoms with Gasteiger partial charge in [0.1, 0.15) is 5.57 Å². The molecule has 0 saturated carbocycles. The summed E-state index contributed by atoms with van der Waals surface area (Å²) in [7, 11) is 0. The van der Waals surface area contributed by atoms with Gasteiger partial charge in [0.25, 0.3) is 11.8 Å². The van der Waals surface area contributed by atoms with Gasteiger partial charge in [0.05, 0.1) is 19.3 Å². The highest BCUT2D eigenvalue weighted by atomic mass is 32.1. The van der Waals surface area contributed by atoms with Crippen LogP contribution in [0.4, 0.5) is 0 Å². The van der Waals surface area contributed by atoms with E-state index in [0.717, 1.165) is 4.90 Å². The van der Waals surface area contributed by atoms with E-state index in [9.17, 15) is 14.7 Å². The van der Waals surface area contributed by atoms with Gasteiger partial charge in [-0.05, 0) is 25.3 Å². The average Bonchev–Trinajstić information content (AvgIpc) is 2.92. The lowest BCUT2D eigenvalue weighted by Crippen LogP contribution is -2.35. The van der Waals surface area contributed by atoms with Crippen molar-refractivity contribution in [2.75, 3.05) is 13.2 Å². The molecule has 0 spiro atoms. The molecule has 2 amide bonds. The first-order valence-corrected chi connectivity index (χ1v) is 6.85. The summed E-state index contributed by atoms with van der Waals surface area (Å²) in [6, 6.07) is 3.47. The third kappa shape index (κ3) is 2.69. The first-order chi connectivity index (χ1) is 9.02. The monoisotopic (exact) mass is 281 g/mol. The summed E-state index contributed by atoms with van der Waals surface area (Å²) in [5, 5.41) is 11.6. The summed E-state index contributed by atoms with van der Waals surface area (Å²) >= 11 is 1.31. The fourth-order valence-corrected chi connectivity index (χ4v) is 2.55. The third-order valence-electron chi connectivity index (χ3n) is 2.68. The average molecular weight is 281 g/mol. The summed E-state index contributed by atoms with van der Waals surface area (Å²) in [5.41, 5.74) is 0.0875. The highest BCUT2D eigenvalue weighted by molar-refractivity contribution is 7.11. The van der Waals surface area contributed by atoms with Crippen LogP contribution < -0.4 is 0 Å². The van der Waals surface area contributed by atoms with Gasteiger partial charge in [-0.15, -0.1) is 11.3 Å². The Morgan fingerprint density at radius 1 is 1.37 bits per heavy atom. The van der Waals surface area contributed by atoms with E-state index in [-0.39, 0.29) is 24.8 Å². The zero-order chi connectivity index (χ0) is 14.0. The van der Waals surface area contributed by atoms with Crippen LogP contribution in [0.15, 0.2) is 23.3 Å². The minimum Gasteiger partial charge on any atom is -0.502 e. The summed E-state index contributed by atoms with van der Waals surface area (Å²) in [5.74, 6) is -1.59. The number of ether oxygens (including phenoxy) is 1. The lowest BCUT2D eigenvalue weighted by molar-refractivity contribution is -0.139. The van der Waals surface area contributed by atoms with Crippen molar-refractivity contribution in [1.29, 1.82) is 0 Å². The minimum absolute atomic E-state index is 0.0335. The second-order valence-electron chi connectivity index (χ2n) is 4.38. The molecule has 1 aliphatic rings. The Bertz CT molecular complexity index is 519. The van der Waals surface area contributed by atoms with E-state index in [2.05, 4.69) is 0 Å². The zero-order valence-corrected chi connectivity index (χ0v) is 11.6. The van der Waals surface area contributed by atoms with Gasteiger partial charge in [-0.3, -0.25) is 14.5 Å². The molecule has 2 rings (SSSR count). The first kappa shape index (κ1) is 13.8. The van der Waals surface area contributed by atoms with Gasteiger partial charge in [0.15, 0.2) is 5.76 Å². The molecule has 1 aromatic heterocycles. The first-order valence-electron chi connectivity index (χ1n) is 5.97. The highest BCUT2D eigenvalue weighted by Gasteiger charge is 2.39. The zero-order valence-electron chi connectivity index (χ0n) is 10.8. The summed E-state index contributed by atoms with van der Waals surface area (Å²) in [4.78, 5) is 25.6. The predicted octanol–water partition coefficient (Wildman–Crippen LogP) is 1.81. The maximum Gasteiger partial charge on any atom is 0.296 e. The molecule has 0 radical (unpaired) electrons. The van der Waals surface area contributed by atoms with Crippen LogP contribution >= 0.6 is 11.3 Å². The molecular formula is C13H15NO4S. The number of hydrogen-bond acceptors (Lipinski definition) is 5. The number of rotatable bonds is 5. The molecule has 0 fully saturated rings. The quantitative estimate of drug-likeness (QED) is 0.836. The highest BCUT2D eigenvalue weighted by Crippen LogP contribution is 2.30. The number of aliphatic hydroxyl groups excluding tert-OH is 1. The van der Waals surface area contributed by atoms with Crippen LogP contribution in [-0.4, -0.2) is 41.1 Å². The van der Waals surface area contributed by atoms with Crippen molar-refractivity contribution in [3.8, 4) is 0 Å². The lowest BCUT2D eigenvalue weighted by Gasteiger charge is -2.15. The largest absolute Gasteiger partial charge is 0.502 e. The number of hydrogen-bond donors (Lipinski definition) is 1. The summed E-state index contributed by atoms with van der Waals surface area (Å²) < 4.78 is 5.32. The van der Waals surface area contributed by atoms with Gasteiger partial charge in [-0.1, -0.05) is 6.07 Å². The lowest BCUT2D eigenvalue weighted by atomic mass is 10.2. The molecular weight excluding hydrogens is 266 g/mol. The number of aliphatic hydroxyl groups is 1. The second kappa shape index (κ2) is 5.54. The van der Waals surface area contributed by atoms with Crippen molar-refractivity contribution < 1.29 is 19.4 Å². The molecule has 1 aliphatic heterocycles. The van der Waals surface area contributed by atoms with Crippen molar-refractivity contribution in [2.24, 2.45) is 0 Å². The van der Waals surface area contributed by atoms with Gasteiger partial charge in [0.2, 0.25) is 0 Å². The van der Waals surface area contributed by atoms with Crippen molar-refractivity contribution in [3.05, 3.63) is 28.1 Å². The Hall–Kier alpha value is -1.66. The molecule has 1 N–H and O–H groups in total. The van der Waals surface area contributed by atoms with Crippen LogP contribution in [0.3, 0.4) is 0 Å². The van der Waals surface area contributed by atoms with Crippen LogP contribution in [0.2, 0.25) is 0 Å². The maximum absolute atomic E-state index is 12.1. The van der Waals surface area contributed by atoms with Gasteiger partial charge in [-0.25, -0.2) is 0 Å². The van der Waals surface area contributed by atoms with E-state index >= 15 is 0 Å². The summed E-state index contributed by atoms with van der Waals surface area (Å²) in [6.07, 6.45) is 0.0335. The molecule has 1 aromatic rings. The van der Waals surface area contributed by atoms with Crippen LogP contribution in [0.5, 0.6) is 0 Å². The van der Waals surface area contributed by atoms with Gasteiger partial charge in [0, 0.05) is 4.88 Å². The number of carbonyl (C=O) groups is 2. The van der Waals surface area contributed by atoms with Crippen molar-refractivity contribution in [1.82, 2.24) is 4.90 Å². The number of imide groups is 1. The van der Waals surface area contributed by atoms with E-state index in [1.54, 1.807) is 17.5 Å². The van der Waals surface area contributed by atoms with Crippen LogP contribution in [0.1, 0.15) is 18.7 Å². The summed E-state index contributed by atoms with van der Waals surface area (Å²) in [6.45, 7) is 4.16. The molecule has 6 heteroatoms. The number of thiophene rings is 1. The Morgan fingerprint density at radius 3 is 2.68 bits per heavy atom. The molecule has 0 atom stereocenters. The Balaban J connectivity index is 2.12. The van der Waals surface area contributed by atoms with Crippen molar-refractivity contribution >= 4 is 28.7 Å². The maximum atomic E-state index is 12.1. The second-order valence-corrected chi connectivity index (χ2v) is 5.33. The van der Waals surface area contributed by atoms with Gasteiger partial charge < -0.3 is 9.84 Å². The molecule has 2 heterocycles. The molecule has 0 aromatic carbocycles. The van der Waals surface area contributed by atoms with E-state index in [1.807, 2.05) is 13.8 Å². The molecule has 0 bridgehead atoms.